The molecule has 0 aromatic heterocycles. The summed E-state index contributed by atoms with van der Waals surface area (Å²) in [6, 6.07) is 0. The Morgan fingerprint density at radius 2 is 1.62 bits per heavy atom. The number of nitrogens with zero attached hydrogens (tertiary/aromatic N) is 3. The lowest BCUT2D eigenvalue weighted by Gasteiger charge is -2.31. The van der Waals surface area contributed by atoms with Gasteiger partial charge in [0.15, 0.2) is 5.96 Å². The van der Waals surface area contributed by atoms with Gasteiger partial charge in [-0.1, -0.05) is 20.8 Å². The molecule has 0 aliphatic carbocycles. The van der Waals surface area contributed by atoms with Crippen molar-refractivity contribution in [2.45, 2.75) is 20.8 Å². The van der Waals surface area contributed by atoms with Crippen molar-refractivity contribution in [3.63, 3.8) is 0 Å². The molecule has 0 spiro atoms. The normalized spacial score (nSPS) is 13.0. The van der Waals surface area contributed by atoms with Crippen LogP contribution < -0.4 is 0 Å². The molecule has 3 nitrogen and oxygen atoms in total. The van der Waals surface area contributed by atoms with Crippen LogP contribution in [-0.2, 0) is 0 Å². The van der Waals surface area contributed by atoms with E-state index in [4.69, 9.17) is 0 Å². The molecule has 0 N–H and O–H groups in total. The highest BCUT2D eigenvalue weighted by Crippen LogP contribution is 2.14. The van der Waals surface area contributed by atoms with Gasteiger partial charge in [0.2, 0.25) is 0 Å². The van der Waals surface area contributed by atoms with Gasteiger partial charge in [0.1, 0.15) is 0 Å². The highest BCUT2D eigenvalue weighted by molar-refractivity contribution is 5.79. The van der Waals surface area contributed by atoms with Gasteiger partial charge >= 0.3 is 0 Å². The van der Waals surface area contributed by atoms with Gasteiger partial charge in [-0.3, -0.25) is 4.99 Å². The second-order valence-electron chi connectivity index (χ2n) is 4.83. The number of aliphatic imine (C=N–C) groups is 1. The molecule has 0 heterocycles. The average Bonchev–Trinajstić information content (AvgIpc) is 1.82. The van der Waals surface area contributed by atoms with Crippen LogP contribution in [0.3, 0.4) is 0 Å². The highest BCUT2D eigenvalue weighted by Gasteiger charge is 2.16. The fourth-order valence-corrected chi connectivity index (χ4v) is 1.49. The summed E-state index contributed by atoms with van der Waals surface area (Å²) in [5.74, 6) is 1.02. The zero-order valence-corrected chi connectivity index (χ0v) is 10.0. The van der Waals surface area contributed by atoms with E-state index in [0.29, 0.717) is 5.41 Å². The molecule has 0 fully saturated rings. The van der Waals surface area contributed by atoms with Crippen molar-refractivity contribution < 1.29 is 0 Å². The predicted molar refractivity (Wildman–Crippen MR) is 59.1 cm³/mol. The van der Waals surface area contributed by atoms with Gasteiger partial charge < -0.3 is 9.80 Å². The number of guanidine groups is 1. The molecule has 0 rings (SSSR count). The maximum absolute atomic E-state index is 4.24. The van der Waals surface area contributed by atoms with Gasteiger partial charge in [-0.25, -0.2) is 0 Å². The standard InChI is InChI=1S/C10H23N3/c1-10(2,3)8-13(7)9(11-4)12(5)6/h8H2,1-7H3. The van der Waals surface area contributed by atoms with Crippen LogP contribution in [0.25, 0.3) is 0 Å². The van der Waals surface area contributed by atoms with Crippen molar-refractivity contribution in [2.75, 3.05) is 34.7 Å². The summed E-state index contributed by atoms with van der Waals surface area (Å²) in [4.78, 5) is 8.45. The van der Waals surface area contributed by atoms with Crippen molar-refractivity contribution in [1.82, 2.24) is 9.80 Å². The van der Waals surface area contributed by atoms with E-state index >= 15 is 0 Å². The summed E-state index contributed by atoms with van der Waals surface area (Å²) >= 11 is 0. The molecule has 0 aliphatic rings. The SMILES string of the molecule is CN=C(N(C)C)N(C)CC(C)(C)C. The minimum atomic E-state index is 0.306. The molecule has 0 bridgehead atoms. The molecule has 0 aromatic rings. The second kappa shape index (κ2) is 4.49. The van der Waals surface area contributed by atoms with Crippen LogP contribution in [0.2, 0.25) is 0 Å². The molecule has 0 radical (unpaired) electrons. The van der Waals surface area contributed by atoms with Crippen molar-refractivity contribution in [1.29, 1.82) is 0 Å². The minimum Gasteiger partial charge on any atom is -0.349 e. The van der Waals surface area contributed by atoms with Crippen molar-refractivity contribution in [2.24, 2.45) is 10.4 Å². The number of hydrogen-bond donors (Lipinski definition) is 0. The van der Waals surface area contributed by atoms with E-state index in [1.807, 2.05) is 26.0 Å². The van der Waals surface area contributed by atoms with Gasteiger partial charge in [0.05, 0.1) is 0 Å². The lowest BCUT2D eigenvalue weighted by molar-refractivity contribution is 0.286. The first-order valence-electron chi connectivity index (χ1n) is 4.63. The largest absolute Gasteiger partial charge is 0.349 e. The van der Waals surface area contributed by atoms with E-state index in [1.54, 1.807) is 0 Å². The van der Waals surface area contributed by atoms with Crippen LogP contribution in [0.4, 0.5) is 0 Å². The Morgan fingerprint density at radius 3 is 1.85 bits per heavy atom. The lowest BCUT2D eigenvalue weighted by Crippen LogP contribution is -2.41. The van der Waals surface area contributed by atoms with Gasteiger partial charge in [0.25, 0.3) is 0 Å². The molecule has 0 amide bonds. The highest BCUT2D eigenvalue weighted by atomic mass is 15.3. The Bertz CT molecular complexity index is 177. The summed E-state index contributed by atoms with van der Waals surface area (Å²) < 4.78 is 0. The van der Waals surface area contributed by atoms with Crippen molar-refractivity contribution in [3.8, 4) is 0 Å². The predicted octanol–water partition coefficient (Wildman–Crippen LogP) is 1.51. The van der Waals surface area contributed by atoms with Gasteiger partial charge in [-0.05, 0) is 5.41 Å². The third kappa shape index (κ3) is 4.76. The lowest BCUT2D eigenvalue weighted by atomic mass is 9.96. The molecule has 0 unspecified atom stereocenters. The van der Waals surface area contributed by atoms with E-state index in [0.717, 1.165) is 12.5 Å². The fourth-order valence-electron chi connectivity index (χ4n) is 1.49. The third-order valence-corrected chi connectivity index (χ3v) is 1.65. The van der Waals surface area contributed by atoms with E-state index in [9.17, 15) is 0 Å². The molecule has 0 saturated heterocycles. The monoisotopic (exact) mass is 185 g/mol. The van der Waals surface area contributed by atoms with Crippen molar-refractivity contribution in [3.05, 3.63) is 0 Å². The Kier molecular flexibility index (Phi) is 4.24. The van der Waals surface area contributed by atoms with Crippen LogP contribution in [-0.4, -0.2) is 50.5 Å². The summed E-state index contributed by atoms with van der Waals surface area (Å²) in [5.41, 5.74) is 0.306. The fraction of sp³-hybridized carbons (Fsp3) is 0.900. The van der Waals surface area contributed by atoms with Crippen LogP contribution in [0.5, 0.6) is 0 Å². The Morgan fingerprint density at radius 1 is 1.15 bits per heavy atom. The Balaban J connectivity index is 4.33. The molecular weight excluding hydrogens is 162 g/mol. The number of hydrogen-bond acceptors (Lipinski definition) is 1. The van der Waals surface area contributed by atoms with Gasteiger partial charge in [-0.2, -0.15) is 0 Å². The molecule has 0 atom stereocenters. The maximum atomic E-state index is 4.24. The Hall–Kier alpha value is -0.730. The smallest absolute Gasteiger partial charge is 0.195 e. The molecule has 3 heteroatoms. The molecule has 0 aliphatic heterocycles. The van der Waals surface area contributed by atoms with Crippen LogP contribution in [0.1, 0.15) is 20.8 Å². The van der Waals surface area contributed by atoms with Gasteiger partial charge in [0, 0.05) is 34.7 Å². The van der Waals surface area contributed by atoms with Crippen molar-refractivity contribution >= 4 is 5.96 Å². The van der Waals surface area contributed by atoms with E-state index < -0.39 is 0 Å². The second-order valence-corrected chi connectivity index (χ2v) is 4.83. The molecule has 0 aromatic carbocycles. The van der Waals surface area contributed by atoms with Crippen LogP contribution in [0, 0.1) is 5.41 Å². The first-order chi connectivity index (χ1) is 5.78. The first kappa shape index (κ1) is 12.3. The first-order valence-corrected chi connectivity index (χ1v) is 4.63. The summed E-state index contributed by atoms with van der Waals surface area (Å²) in [5, 5.41) is 0. The van der Waals surface area contributed by atoms with Crippen LogP contribution >= 0.6 is 0 Å². The average molecular weight is 185 g/mol. The van der Waals surface area contributed by atoms with E-state index in [2.05, 4.69) is 37.7 Å². The molecular formula is C10H23N3. The Labute approximate surface area is 82.4 Å². The molecule has 78 valence electrons. The zero-order valence-electron chi connectivity index (χ0n) is 10.0. The zero-order chi connectivity index (χ0) is 10.6. The van der Waals surface area contributed by atoms with E-state index in [1.165, 1.54) is 0 Å². The number of rotatable bonds is 1. The maximum Gasteiger partial charge on any atom is 0.195 e. The van der Waals surface area contributed by atoms with Gasteiger partial charge in [-0.15, -0.1) is 0 Å². The van der Waals surface area contributed by atoms with Crippen LogP contribution in [0.15, 0.2) is 4.99 Å². The third-order valence-electron chi connectivity index (χ3n) is 1.65. The topological polar surface area (TPSA) is 18.8 Å². The molecule has 0 saturated carbocycles. The quantitative estimate of drug-likeness (QED) is 0.455. The summed E-state index contributed by atoms with van der Waals surface area (Å²) in [6.07, 6.45) is 0. The summed E-state index contributed by atoms with van der Waals surface area (Å²) in [6.45, 7) is 7.70. The molecule has 13 heavy (non-hydrogen) atoms. The minimum absolute atomic E-state index is 0.306. The van der Waals surface area contributed by atoms with E-state index in [-0.39, 0.29) is 0 Å². The summed E-state index contributed by atoms with van der Waals surface area (Å²) in [7, 11) is 7.94.